The van der Waals surface area contributed by atoms with E-state index in [1.54, 1.807) is 6.07 Å². The van der Waals surface area contributed by atoms with Gasteiger partial charge >= 0.3 is 0 Å². The summed E-state index contributed by atoms with van der Waals surface area (Å²) in [5.41, 5.74) is 6.74. The van der Waals surface area contributed by atoms with Crippen LogP contribution in [0.25, 0.3) is 0 Å². The summed E-state index contributed by atoms with van der Waals surface area (Å²) in [6.45, 7) is 4.81. The van der Waals surface area contributed by atoms with Gasteiger partial charge in [-0.25, -0.2) is 4.39 Å². The Kier molecular flexibility index (Phi) is 4.02. The maximum Gasteiger partial charge on any atom is 0.142 e. The molecule has 0 aliphatic carbocycles. The molecule has 0 bridgehead atoms. The SMILES string of the molecule is CC1CCN(C(CN)c2ccc(Cl)c(F)c2)C1. The van der Waals surface area contributed by atoms with Crippen molar-refractivity contribution in [3.8, 4) is 0 Å². The molecule has 0 aromatic heterocycles. The minimum Gasteiger partial charge on any atom is -0.329 e. The van der Waals surface area contributed by atoms with E-state index < -0.39 is 0 Å². The van der Waals surface area contributed by atoms with Crippen LogP contribution in [0.2, 0.25) is 5.02 Å². The molecule has 1 aromatic carbocycles. The van der Waals surface area contributed by atoms with Crippen molar-refractivity contribution in [2.45, 2.75) is 19.4 Å². The number of halogens is 2. The van der Waals surface area contributed by atoms with Crippen molar-refractivity contribution in [1.29, 1.82) is 0 Å². The van der Waals surface area contributed by atoms with Crippen LogP contribution < -0.4 is 5.73 Å². The molecule has 2 N–H and O–H groups in total. The highest BCUT2D eigenvalue weighted by molar-refractivity contribution is 6.30. The van der Waals surface area contributed by atoms with E-state index in [1.165, 1.54) is 12.5 Å². The van der Waals surface area contributed by atoms with Gasteiger partial charge in [0.25, 0.3) is 0 Å². The Morgan fingerprint density at radius 2 is 2.35 bits per heavy atom. The van der Waals surface area contributed by atoms with Gasteiger partial charge in [0.15, 0.2) is 0 Å². The fourth-order valence-corrected chi connectivity index (χ4v) is 2.59. The Hall–Kier alpha value is -0.640. The van der Waals surface area contributed by atoms with Crippen molar-refractivity contribution in [3.63, 3.8) is 0 Å². The standard InChI is InChI=1S/C13H18ClFN2/c1-9-4-5-17(8-9)13(7-16)10-2-3-11(14)12(15)6-10/h2-3,6,9,13H,4-5,7-8,16H2,1H3. The highest BCUT2D eigenvalue weighted by atomic mass is 35.5. The first-order valence-corrected chi connectivity index (χ1v) is 6.38. The van der Waals surface area contributed by atoms with Crippen LogP contribution in [0.4, 0.5) is 4.39 Å². The van der Waals surface area contributed by atoms with Gasteiger partial charge < -0.3 is 5.73 Å². The molecule has 1 aliphatic rings. The summed E-state index contributed by atoms with van der Waals surface area (Å²) in [6.07, 6.45) is 1.19. The average Bonchev–Trinajstić information content (AvgIpc) is 2.71. The molecule has 0 radical (unpaired) electrons. The fraction of sp³-hybridized carbons (Fsp3) is 0.538. The lowest BCUT2D eigenvalue weighted by atomic mass is 10.1. The van der Waals surface area contributed by atoms with Gasteiger partial charge in [0.1, 0.15) is 5.82 Å². The summed E-state index contributed by atoms with van der Waals surface area (Å²) in [6, 6.07) is 5.08. The van der Waals surface area contributed by atoms with Crippen LogP contribution in [0.15, 0.2) is 18.2 Å². The summed E-state index contributed by atoms with van der Waals surface area (Å²) in [7, 11) is 0. The molecule has 2 atom stereocenters. The van der Waals surface area contributed by atoms with Crippen molar-refractivity contribution in [1.82, 2.24) is 4.90 Å². The second-order valence-corrected chi connectivity index (χ2v) is 5.22. The fourth-order valence-electron chi connectivity index (χ4n) is 2.47. The number of nitrogens with zero attached hydrogens (tertiary/aromatic N) is 1. The molecule has 1 saturated heterocycles. The Balaban J connectivity index is 2.20. The normalized spacial score (nSPS) is 22.9. The maximum absolute atomic E-state index is 13.4. The number of hydrogen-bond acceptors (Lipinski definition) is 2. The van der Waals surface area contributed by atoms with Gasteiger partial charge in [0, 0.05) is 19.1 Å². The maximum atomic E-state index is 13.4. The van der Waals surface area contributed by atoms with Gasteiger partial charge in [-0.2, -0.15) is 0 Å². The van der Waals surface area contributed by atoms with Gasteiger partial charge in [-0.15, -0.1) is 0 Å². The number of benzene rings is 1. The summed E-state index contributed by atoms with van der Waals surface area (Å²) < 4.78 is 13.4. The smallest absolute Gasteiger partial charge is 0.142 e. The van der Waals surface area contributed by atoms with Gasteiger partial charge in [-0.05, 0) is 36.6 Å². The van der Waals surface area contributed by atoms with Crippen molar-refractivity contribution < 1.29 is 4.39 Å². The molecule has 1 heterocycles. The Morgan fingerprint density at radius 3 is 2.88 bits per heavy atom. The van der Waals surface area contributed by atoms with E-state index in [1.807, 2.05) is 6.07 Å². The minimum absolute atomic E-state index is 0.103. The molecule has 1 aliphatic heterocycles. The Labute approximate surface area is 107 Å². The highest BCUT2D eigenvalue weighted by Gasteiger charge is 2.26. The molecule has 2 unspecified atom stereocenters. The number of nitrogens with two attached hydrogens (primary N) is 1. The van der Waals surface area contributed by atoms with Crippen LogP contribution in [0.3, 0.4) is 0 Å². The topological polar surface area (TPSA) is 29.3 Å². The van der Waals surface area contributed by atoms with E-state index in [4.69, 9.17) is 17.3 Å². The summed E-state index contributed by atoms with van der Waals surface area (Å²) in [5.74, 6) is 0.330. The third-order valence-electron chi connectivity index (χ3n) is 3.45. The van der Waals surface area contributed by atoms with Crippen LogP contribution in [0.1, 0.15) is 24.9 Å². The van der Waals surface area contributed by atoms with Gasteiger partial charge in [-0.1, -0.05) is 24.6 Å². The van der Waals surface area contributed by atoms with E-state index in [-0.39, 0.29) is 16.9 Å². The molecule has 1 fully saturated rings. The lowest BCUT2D eigenvalue weighted by molar-refractivity contribution is 0.243. The second-order valence-electron chi connectivity index (χ2n) is 4.81. The van der Waals surface area contributed by atoms with Crippen LogP contribution in [0, 0.1) is 11.7 Å². The first kappa shape index (κ1) is 12.8. The third kappa shape index (κ3) is 2.79. The van der Waals surface area contributed by atoms with Gasteiger partial charge in [0.2, 0.25) is 0 Å². The molecule has 1 aromatic rings. The quantitative estimate of drug-likeness (QED) is 0.901. The predicted molar refractivity (Wildman–Crippen MR) is 68.6 cm³/mol. The molecule has 0 saturated carbocycles. The highest BCUT2D eigenvalue weighted by Crippen LogP contribution is 2.28. The summed E-state index contributed by atoms with van der Waals surface area (Å²) >= 11 is 5.69. The Morgan fingerprint density at radius 1 is 1.59 bits per heavy atom. The zero-order chi connectivity index (χ0) is 12.4. The van der Waals surface area contributed by atoms with E-state index in [0.717, 1.165) is 18.7 Å². The molecular weight excluding hydrogens is 239 g/mol. The van der Waals surface area contributed by atoms with Crippen LogP contribution >= 0.6 is 11.6 Å². The van der Waals surface area contributed by atoms with Crippen molar-refractivity contribution in [2.24, 2.45) is 11.7 Å². The molecule has 2 rings (SSSR count). The van der Waals surface area contributed by atoms with Gasteiger partial charge in [-0.3, -0.25) is 4.90 Å². The van der Waals surface area contributed by atoms with Crippen LogP contribution in [-0.2, 0) is 0 Å². The summed E-state index contributed by atoms with van der Waals surface area (Å²) in [4.78, 5) is 2.33. The van der Waals surface area contributed by atoms with Gasteiger partial charge in [0.05, 0.1) is 5.02 Å². The molecule has 17 heavy (non-hydrogen) atoms. The van der Waals surface area contributed by atoms with Crippen LogP contribution in [0.5, 0.6) is 0 Å². The number of hydrogen-bond donors (Lipinski definition) is 1. The zero-order valence-electron chi connectivity index (χ0n) is 10.00. The zero-order valence-corrected chi connectivity index (χ0v) is 10.8. The molecule has 0 amide bonds. The van der Waals surface area contributed by atoms with Crippen molar-refractivity contribution in [3.05, 3.63) is 34.6 Å². The van der Waals surface area contributed by atoms with E-state index in [9.17, 15) is 4.39 Å². The van der Waals surface area contributed by atoms with E-state index >= 15 is 0 Å². The first-order valence-electron chi connectivity index (χ1n) is 6.01. The minimum atomic E-state index is -0.366. The van der Waals surface area contributed by atoms with Crippen LogP contribution in [-0.4, -0.2) is 24.5 Å². The number of likely N-dealkylation sites (tertiary alicyclic amines) is 1. The Bertz CT molecular complexity index is 397. The van der Waals surface area contributed by atoms with E-state index in [0.29, 0.717) is 12.5 Å². The average molecular weight is 257 g/mol. The predicted octanol–water partition coefficient (Wildman–Crippen LogP) is 2.82. The molecule has 94 valence electrons. The lowest BCUT2D eigenvalue weighted by Crippen LogP contribution is -2.32. The largest absolute Gasteiger partial charge is 0.329 e. The van der Waals surface area contributed by atoms with Crippen molar-refractivity contribution >= 4 is 11.6 Å². The molecule has 2 nitrogen and oxygen atoms in total. The molecule has 0 spiro atoms. The first-order chi connectivity index (χ1) is 8.11. The summed E-state index contributed by atoms with van der Waals surface area (Å²) in [5, 5.41) is 0.166. The van der Waals surface area contributed by atoms with Crippen molar-refractivity contribution in [2.75, 3.05) is 19.6 Å². The number of rotatable bonds is 3. The molecular formula is C13H18ClFN2. The van der Waals surface area contributed by atoms with E-state index in [2.05, 4.69) is 11.8 Å². The lowest BCUT2D eigenvalue weighted by Gasteiger charge is -2.27. The third-order valence-corrected chi connectivity index (χ3v) is 3.75. The molecule has 4 heteroatoms. The monoisotopic (exact) mass is 256 g/mol. The second kappa shape index (κ2) is 5.34.